The van der Waals surface area contributed by atoms with Crippen LogP contribution in [0.25, 0.3) is 22.0 Å². The van der Waals surface area contributed by atoms with E-state index < -0.39 is 17.3 Å². The van der Waals surface area contributed by atoms with E-state index in [0.29, 0.717) is 56.0 Å². The predicted molar refractivity (Wildman–Crippen MR) is 137 cm³/mol. The number of carboxylic acid groups (broad SMARTS) is 1. The first-order chi connectivity index (χ1) is 17.8. The van der Waals surface area contributed by atoms with E-state index >= 15 is 4.39 Å². The summed E-state index contributed by atoms with van der Waals surface area (Å²) in [5.41, 5.74) is 0.510. The van der Waals surface area contributed by atoms with Crippen molar-refractivity contribution in [1.29, 1.82) is 0 Å². The number of likely N-dealkylation sites (tertiary alicyclic amines) is 1. The summed E-state index contributed by atoms with van der Waals surface area (Å²) in [6.07, 6.45) is 2.29. The topological polar surface area (TPSA) is 110 Å². The molecule has 4 rings (SSSR count). The van der Waals surface area contributed by atoms with Crippen LogP contribution in [0, 0.1) is 5.82 Å². The number of fused-ring (bicyclic) bond motifs is 1. The number of pyridine rings is 1. The molecule has 0 aliphatic carbocycles. The van der Waals surface area contributed by atoms with E-state index in [1.807, 2.05) is 6.92 Å². The average molecular weight is 512 g/mol. The number of nitrogens with one attached hydrogen (secondary N) is 1. The number of hydrogen-bond acceptors (Lipinski definition) is 5. The van der Waals surface area contributed by atoms with E-state index in [0.717, 1.165) is 0 Å². The first-order valence-electron chi connectivity index (χ1n) is 12.2. The molecule has 0 atom stereocenters. The molecule has 9 nitrogen and oxygen atoms in total. The minimum atomic E-state index is -0.975. The molecular formula is C27H30FN3O6. The largest absolute Gasteiger partial charge is 0.497 e. The summed E-state index contributed by atoms with van der Waals surface area (Å²) in [4.78, 5) is 39.0. The van der Waals surface area contributed by atoms with Gasteiger partial charge < -0.3 is 29.4 Å². The van der Waals surface area contributed by atoms with Crippen LogP contribution >= 0.6 is 0 Å². The lowest BCUT2D eigenvalue weighted by molar-refractivity contribution is -0.122. The number of carbonyl (C=O) groups is 2. The Kier molecular flexibility index (Phi) is 7.95. The molecule has 1 aromatic heterocycles. The standard InChI is InChI=1S/C27H30FN3O6/c1-3-14-37-22-9-8-21(28)24-25(22)31(15-20(26(24)33)17-4-6-19(36-2)7-5-17)16-23(32)29-18-10-12-30(13-11-18)27(34)35/h4-9,15,18H,3,10-14,16H2,1-2H3,(H,29,32)(H,34,35). The first-order valence-corrected chi connectivity index (χ1v) is 12.2. The highest BCUT2D eigenvalue weighted by atomic mass is 19.1. The molecule has 0 spiro atoms. The third-order valence-electron chi connectivity index (χ3n) is 6.44. The molecule has 2 N–H and O–H groups in total. The van der Waals surface area contributed by atoms with E-state index in [2.05, 4.69) is 5.32 Å². The third-order valence-corrected chi connectivity index (χ3v) is 6.44. The van der Waals surface area contributed by atoms with E-state index in [4.69, 9.17) is 14.6 Å². The van der Waals surface area contributed by atoms with Crippen molar-refractivity contribution in [2.45, 2.75) is 38.8 Å². The fourth-order valence-corrected chi connectivity index (χ4v) is 4.53. The van der Waals surface area contributed by atoms with Gasteiger partial charge in [0.1, 0.15) is 23.9 Å². The van der Waals surface area contributed by atoms with Crippen molar-refractivity contribution in [3.8, 4) is 22.6 Å². The minimum Gasteiger partial charge on any atom is -0.497 e. The SMILES string of the molecule is CCCOc1ccc(F)c2c(=O)c(-c3ccc(OC)cc3)cn(CC(=O)NC3CCN(C(=O)O)CC3)c12. The Labute approximate surface area is 213 Å². The highest BCUT2D eigenvalue weighted by Crippen LogP contribution is 2.30. The number of nitrogens with zero attached hydrogens (tertiary/aromatic N) is 2. The molecule has 1 saturated heterocycles. The summed E-state index contributed by atoms with van der Waals surface area (Å²) in [6, 6.07) is 9.31. The van der Waals surface area contributed by atoms with Crippen molar-refractivity contribution in [2.24, 2.45) is 0 Å². The summed E-state index contributed by atoms with van der Waals surface area (Å²) >= 11 is 0. The van der Waals surface area contributed by atoms with E-state index in [9.17, 15) is 14.4 Å². The van der Waals surface area contributed by atoms with Gasteiger partial charge in [-0.1, -0.05) is 19.1 Å². The van der Waals surface area contributed by atoms with Crippen molar-refractivity contribution >= 4 is 22.9 Å². The van der Waals surface area contributed by atoms with E-state index in [-0.39, 0.29) is 35.0 Å². The zero-order valence-electron chi connectivity index (χ0n) is 20.8. The maximum atomic E-state index is 15.1. The van der Waals surface area contributed by atoms with Crippen LogP contribution in [-0.4, -0.2) is 59.4 Å². The Balaban J connectivity index is 1.73. The van der Waals surface area contributed by atoms with Gasteiger partial charge >= 0.3 is 6.09 Å². The van der Waals surface area contributed by atoms with Crippen LogP contribution in [0.4, 0.5) is 9.18 Å². The lowest BCUT2D eigenvalue weighted by Crippen LogP contribution is -2.46. The van der Waals surface area contributed by atoms with Gasteiger partial charge in [-0.05, 0) is 49.1 Å². The highest BCUT2D eigenvalue weighted by Gasteiger charge is 2.24. The Hall–Kier alpha value is -4.08. The number of aromatic nitrogens is 1. The predicted octanol–water partition coefficient (Wildman–Crippen LogP) is 3.86. The molecular weight excluding hydrogens is 481 g/mol. The Bertz CT molecular complexity index is 1350. The molecule has 0 bridgehead atoms. The molecule has 0 unspecified atom stereocenters. The summed E-state index contributed by atoms with van der Waals surface area (Å²) in [5.74, 6) is -0.0988. The number of carbonyl (C=O) groups excluding carboxylic acids is 1. The summed E-state index contributed by atoms with van der Waals surface area (Å²) in [6.45, 7) is 2.80. The van der Waals surface area contributed by atoms with E-state index in [1.54, 1.807) is 35.0 Å². The lowest BCUT2D eigenvalue weighted by atomic mass is 10.0. The molecule has 10 heteroatoms. The number of rotatable bonds is 8. The highest BCUT2D eigenvalue weighted by molar-refractivity contribution is 5.90. The van der Waals surface area contributed by atoms with Gasteiger partial charge in [0.05, 0.1) is 24.6 Å². The van der Waals surface area contributed by atoms with E-state index in [1.165, 1.54) is 24.1 Å². The van der Waals surface area contributed by atoms with Gasteiger partial charge in [-0.2, -0.15) is 0 Å². The lowest BCUT2D eigenvalue weighted by Gasteiger charge is -2.30. The van der Waals surface area contributed by atoms with Crippen LogP contribution in [0.15, 0.2) is 47.4 Å². The fourth-order valence-electron chi connectivity index (χ4n) is 4.53. The van der Waals surface area contributed by atoms with Crippen molar-refractivity contribution in [3.05, 3.63) is 58.6 Å². The summed E-state index contributed by atoms with van der Waals surface area (Å²) < 4.78 is 27.7. The second kappa shape index (κ2) is 11.3. The Morgan fingerprint density at radius 1 is 1.14 bits per heavy atom. The molecule has 1 aliphatic heterocycles. The maximum Gasteiger partial charge on any atom is 0.407 e. The smallest absolute Gasteiger partial charge is 0.407 e. The summed E-state index contributed by atoms with van der Waals surface area (Å²) in [5, 5.41) is 11.9. The van der Waals surface area contributed by atoms with Crippen molar-refractivity contribution in [1.82, 2.24) is 14.8 Å². The van der Waals surface area contributed by atoms with Gasteiger partial charge in [-0.15, -0.1) is 0 Å². The number of ether oxygens (including phenoxy) is 2. The normalized spacial score (nSPS) is 14.0. The zero-order chi connectivity index (χ0) is 26.5. The van der Waals surface area contributed by atoms with Crippen LogP contribution in [0.2, 0.25) is 0 Å². The van der Waals surface area contributed by atoms with Crippen LogP contribution in [0.3, 0.4) is 0 Å². The van der Waals surface area contributed by atoms with Crippen LogP contribution < -0.4 is 20.2 Å². The second-order valence-electron chi connectivity index (χ2n) is 8.96. The average Bonchev–Trinajstić information content (AvgIpc) is 2.90. The third kappa shape index (κ3) is 5.68. The molecule has 2 aromatic carbocycles. The zero-order valence-corrected chi connectivity index (χ0v) is 20.8. The fraction of sp³-hybridized carbons (Fsp3) is 0.370. The molecule has 2 heterocycles. The molecule has 0 saturated carbocycles. The number of amides is 2. The Morgan fingerprint density at radius 2 is 1.84 bits per heavy atom. The number of piperidine rings is 1. The number of benzene rings is 2. The number of hydrogen-bond donors (Lipinski definition) is 2. The molecule has 3 aromatic rings. The molecule has 196 valence electrons. The number of methoxy groups -OCH3 is 1. The van der Waals surface area contributed by atoms with Gasteiger partial charge in [0, 0.05) is 30.9 Å². The monoisotopic (exact) mass is 511 g/mol. The van der Waals surface area contributed by atoms with Gasteiger partial charge in [-0.3, -0.25) is 9.59 Å². The summed E-state index contributed by atoms with van der Waals surface area (Å²) in [7, 11) is 1.54. The van der Waals surface area contributed by atoms with Crippen molar-refractivity contribution in [2.75, 3.05) is 26.8 Å². The van der Waals surface area contributed by atoms with Gasteiger partial charge in [0.2, 0.25) is 5.91 Å². The molecule has 1 aliphatic rings. The van der Waals surface area contributed by atoms with Crippen LogP contribution in [-0.2, 0) is 11.3 Å². The van der Waals surface area contributed by atoms with Gasteiger partial charge in [-0.25, -0.2) is 9.18 Å². The molecule has 2 amide bonds. The second-order valence-corrected chi connectivity index (χ2v) is 8.96. The number of halogens is 1. The van der Waals surface area contributed by atoms with Gasteiger partial charge in [0.15, 0.2) is 5.43 Å². The van der Waals surface area contributed by atoms with Crippen LogP contribution in [0.1, 0.15) is 26.2 Å². The van der Waals surface area contributed by atoms with Crippen LogP contribution in [0.5, 0.6) is 11.5 Å². The molecule has 1 fully saturated rings. The maximum absolute atomic E-state index is 15.1. The quantitative estimate of drug-likeness (QED) is 0.475. The first kappa shape index (κ1) is 26.0. The van der Waals surface area contributed by atoms with Crippen molar-refractivity contribution in [3.63, 3.8) is 0 Å². The van der Waals surface area contributed by atoms with Gasteiger partial charge in [0.25, 0.3) is 0 Å². The molecule has 37 heavy (non-hydrogen) atoms. The van der Waals surface area contributed by atoms with Crippen molar-refractivity contribution < 1.29 is 28.6 Å². The Morgan fingerprint density at radius 3 is 2.46 bits per heavy atom. The minimum absolute atomic E-state index is 0.149. The molecule has 0 radical (unpaired) electrons.